The highest BCUT2D eigenvalue weighted by molar-refractivity contribution is 7.16. The lowest BCUT2D eigenvalue weighted by molar-refractivity contribution is -0.149. The van der Waals surface area contributed by atoms with Crippen molar-refractivity contribution >= 4 is 34.2 Å². The number of carbonyl (C=O) groups is 3. The summed E-state index contributed by atoms with van der Waals surface area (Å²) in [5.41, 5.74) is 2.09. The highest BCUT2D eigenvalue weighted by Gasteiger charge is 2.23. The third kappa shape index (κ3) is 6.05. The topological polar surface area (TPSA) is 90.9 Å². The van der Waals surface area contributed by atoms with Crippen LogP contribution in [-0.2, 0) is 25.5 Å². The molecule has 7 nitrogen and oxygen atoms in total. The van der Waals surface area contributed by atoms with Crippen molar-refractivity contribution in [1.29, 1.82) is 0 Å². The molecule has 0 aliphatic heterocycles. The fraction of sp³-hybridized carbons (Fsp3) is 0.381. The summed E-state index contributed by atoms with van der Waals surface area (Å²) in [5.74, 6) is -1.10. The van der Waals surface area contributed by atoms with E-state index in [1.165, 1.54) is 11.3 Å². The summed E-state index contributed by atoms with van der Waals surface area (Å²) in [6, 6.07) is 7.28. The molecule has 1 amide bonds. The first-order valence-corrected chi connectivity index (χ1v) is 10.1. The number of rotatable bonds is 9. The van der Waals surface area contributed by atoms with Gasteiger partial charge in [0.15, 0.2) is 13.2 Å². The maximum Gasteiger partial charge on any atom is 0.344 e. The van der Waals surface area contributed by atoms with Gasteiger partial charge in [-0.2, -0.15) is 0 Å². The number of thiophene rings is 1. The van der Waals surface area contributed by atoms with Crippen LogP contribution in [0.3, 0.4) is 0 Å². The predicted molar refractivity (Wildman–Crippen MR) is 111 cm³/mol. The van der Waals surface area contributed by atoms with Crippen LogP contribution in [0.5, 0.6) is 5.75 Å². The van der Waals surface area contributed by atoms with E-state index >= 15 is 0 Å². The zero-order chi connectivity index (χ0) is 21.4. The fourth-order valence-corrected chi connectivity index (χ4v) is 3.87. The van der Waals surface area contributed by atoms with Crippen molar-refractivity contribution in [1.82, 2.24) is 0 Å². The molecule has 2 aromatic rings. The molecule has 0 spiro atoms. The van der Waals surface area contributed by atoms with Crippen LogP contribution >= 0.6 is 11.3 Å². The summed E-state index contributed by atoms with van der Waals surface area (Å²) in [7, 11) is 0. The van der Waals surface area contributed by atoms with E-state index in [1.807, 2.05) is 32.9 Å². The predicted octanol–water partition coefficient (Wildman–Crippen LogP) is 3.66. The molecule has 8 heteroatoms. The van der Waals surface area contributed by atoms with Gasteiger partial charge in [-0.25, -0.2) is 9.59 Å². The molecule has 0 atom stereocenters. The first kappa shape index (κ1) is 22.4. The van der Waals surface area contributed by atoms with Crippen LogP contribution < -0.4 is 10.1 Å². The molecule has 1 heterocycles. The number of para-hydroxylation sites is 1. The molecule has 0 bridgehead atoms. The van der Waals surface area contributed by atoms with Gasteiger partial charge in [-0.1, -0.05) is 25.1 Å². The van der Waals surface area contributed by atoms with Crippen molar-refractivity contribution in [2.24, 2.45) is 0 Å². The van der Waals surface area contributed by atoms with E-state index in [2.05, 4.69) is 5.32 Å². The van der Waals surface area contributed by atoms with Crippen LogP contribution in [0, 0.1) is 13.8 Å². The minimum Gasteiger partial charge on any atom is -0.482 e. The Morgan fingerprint density at radius 2 is 1.76 bits per heavy atom. The normalized spacial score (nSPS) is 10.3. The number of benzene rings is 1. The number of anilines is 1. The monoisotopic (exact) mass is 419 g/mol. The lowest BCUT2D eigenvalue weighted by Crippen LogP contribution is -2.24. The molecule has 1 aromatic heterocycles. The third-order valence-electron chi connectivity index (χ3n) is 4.10. The zero-order valence-electron chi connectivity index (χ0n) is 17.0. The summed E-state index contributed by atoms with van der Waals surface area (Å²) in [6.45, 7) is 6.86. The van der Waals surface area contributed by atoms with Gasteiger partial charge in [0.2, 0.25) is 0 Å². The summed E-state index contributed by atoms with van der Waals surface area (Å²) in [4.78, 5) is 37.3. The van der Waals surface area contributed by atoms with Gasteiger partial charge in [0.25, 0.3) is 5.91 Å². The number of esters is 2. The molecule has 2 rings (SSSR count). The molecule has 1 aromatic carbocycles. The van der Waals surface area contributed by atoms with Crippen LogP contribution in [-0.4, -0.2) is 37.7 Å². The van der Waals surface area contributed by atoms with Crippen LogP contribution in [0.15, 0.2) is 24.3 Å². The zero-order valence-corrected chi connectivity index (χ0v) is 17.8. The summed E-state index contributed by atoms with van der Waals surface area (Å²) in [6.07, 6.45) is 0.636. The van der Waals surface area contributed by atoms with Crippen molar-refractivity contribution in [2.75, 3.05) is 25.1 Å². The summed E-state index contributed by atoms with van der Waals surface area (Å²) < 4.78 is 15.5. The molecule has 1 N–H and O–H groups in total. The van der Waals surface area contributed by atoms with Gasteiger partial charge < -0.3 is 19.5 Å². The van der Waals surface area contributed by atoms with Crippen LogP contribution in [0.1, 0.15) is 40.2 Å². The Bertz CT molecular complexity index is 889. The van der Waals surface area contributed by atoms with Crippen molar-refractivity contribution < 1.29 is 28.6 Å². The second kappa shape index (κ2) is 10.6. The lowest BCUT2D eigenvalue weighted by Gasteiger charge is -2.10. The van der Waals surface area contributed by atoms with E-state index in [4.69, 9.17) is 14.2 Å². The maximum atomic E-state index is 12.3. The van der Waals surface area contributed by atoms with Crippen molar-refractivity contribution in [3.8, 4) is 5.75 Å². The number of aryl methyl sites for hydroxylation is 2. The van der Waals surface area contributed by atoms with Gasteiger partial charge in [0, 0.05) is 4.88 Å². The van der Waals surface area contributed by atoms with E-state index < -0.39 is 24.5 Å². The number of carbonyl (C=O) groups excluding carboxylic acids is 3. The van der Waals surface area contributed by atoms with Gasteiger partial charge >= 0.3 is 11.9 Å². The fourth-order valence-electron chi connectivity index (χ4n) is 2.72. The quantitative estimate of drug-likeness (QED) is 0.624. The molecule has 0 saturated carbocycles. The number of hydrogen-bond acceptors (Lipinski definition) is 7. The lowest BCUT2D eigenvalue weighted by atomic mass is 10.1. The highest BCUT2D eigenvalue weighted by Crippen LogP contribution is 2.34. The average molecular weight is 419 g/mol. The van der Waals surface area contributed by atoms with Gasteiger partial charge in [-0.15, -0.1) is 11.3 Å². The average Bonchev–Trinajstić information content (AvgIpc) is 3.00. The molecule has 0 radical (unpaired) electrons. The number of nitrogens with one attached hydrogen (secondary N) is 1. The van der Waals surface area contributed by atoms with Crippen LogP contribution in [0.25, 0.3) is 0 Å². The van der Waals surface area contributed by atoms with E-state index in [0.29, 0.717) is 22.7 Å². The number of amides is 1. The van der Waals surface area contributed by atoms with Crippen molar-refractivity contribution in [2.45, 2.75) is 34.1 Å². The van der Waals surface area contributed by atoms with E-state index in [0.717, 1.165) is 16.0 Å². The standard InChI is InChI=1S/C21H25NO6S/c1-5-15-14(4)29-20(19(15)21(25)26-6-2)22-17(23)11-28-18(24)12-27-16-10-8-7-9-13(16)3/h7-10H,5-6,11-12H2,1-4H3,(H,22,23). The minimum absolute atomic E-state index is 0.239. The molecule has 0 aliphatic carbocycles. The van der Waals surface area contributed by atoms with Crippen LogP contribution in [0.4, 0.5) is 5.00 Å². The highest BCUT2D eigenvalue weighted by atomic mass is 32.1. The molecular formula is C21H25NO6S. The Morgan fingerprint density at radius 1 is 1.03 bits per heavy atom. The number of hydrogen-bond donors (Lipinski definition) is 1. The molecule has 29 heavy (non-hydrogen) atoms. The molecule has 156 valence electrons. The Kier molecular flexibility index (Phi) is 8.21. The minimum atomic E-state index is -0.661. The maximum absolute atomic E-state index is 12.3. The molecular weight excluding hydrogens is 394 g/mol. The van der Waals surface area contributed by atoms with Crippen LogP contribution in [0.2, 0.25) is 0 Å². The van der Waals surface area contributed by atoms with Crippen molar-refractivity contribution in [3.63, 3.8) is 0 Å². The Balaban J connectivity index is 1.93. The molecule has 0 saturated heterocycles. The van der Waals surface area contributed by atoms with Gasteiger partial charge in [0.05, 0.1) is 12.2 Å². The molecule has 0 aliphatic rings. The first-order chi connectivity index (χ1) is 13.9. The number of ether oxygens (including phenoxy) is 3. The van der Waals surface area contributed by atoms with Gasteiger partial charge in [-0.3, -0.25) is 4.79 Å². The second-order valence-corrected chi connectivity index (χ2v) is 7.40. The first-order valence-electron chi connectivity index (χ1n) is 9.30. The Morgan fingerprint density at radius 3 is 2.41 bits per heavy atom. The van der Waals surface area contributed by atoms with Crippen molar-refractivity contribution in [3.05, 3.63) is 45.8 Å². The smallest absolute Gasteiger partial charge is 0.344 e. The van der Waals surface area contributed by atoms with E-state index in [9.17, 15) is 14.4 Å². The van der Waals surface area contributed by atoms with E-state index in [1.54, 1.807) is 19.1 Å². The SMILES string of the molecule is CCOC(=O)c1c(NC(=O)COC(=O)COc2ccccc2C)sc(C)c1CC. The van der Waals surface area contributed by atoms with E-state index in [-0.39, 0.29) is 13.2 Å². The van der Waals surface area contributed by atoms with Gasteiger partial charge in [-0.05, 0) is 44.4 Å². The largest absolute Gasteiger partial charge is 0.482 e. The second-order valence-electron chi connectivity index (χ2n) is 6.18. The Labute approximate surface area is 174 Å². The summed E-state index contributed by atoms with van der Waals surface area (Å²) >= 11 is 1.29. The third-order valence-corrected chi connectivity index (χ3v) is 5.16. The molecule has 0 fully saturated rings. The van der Waals surface area contributed by atoms with Gasteiger partial charge in [0.1, 0.15) is 10.8 Å². The Hall–Kier alpha value is -2.87. The summed E-state index contributed by atoms with van der Waals surface area (Å²) in [5, 5.41) is 3.04. The molecule has 0 unspecified atom stereocenters.